The van der Waals surface area contributed by atoms with Gasteiger partial charge in [-0.1, -0.05) is 36.4 Å². The quantitative estimate of drug-likeness (QED) is 0.642. The molecule has 0 heterocycles. The molecule has 1 aliphatic rings. The maximum atomic E-state index is 11.6. The Bertz CT molecular complexity index is 685. The summed E-state index contributed by atoms with van der Waals surface area (Å²) in [4.78, 5) is 0.309. The summed E-state index contributed by atoms with van der Waals surface area (Å²) in [6.45, 7) is 0. The Labute approximate surface area is 94.5 Å². The highest BCUT2D eigenvalue weighted by Gasteiger charge is 2.27. The molecule has 0 spiro atoms. The molecule has 2 nitrogen and oxygen atoms in total. The minimum Gasteiger partial charge on any atom is -0.224 e. The summed E-state index contributed by atoms with van der Waals surface area (Å²) in [6.07, 6.45) is 1.22. The van der Waals surface area contributed by atoms with Crippen molar-refractivity contribution in [3.63, 3.8) is 0 Å². The van der Waals surface area contributed by atoms with Crippen LogP contribution >= 0.6 is 0 Å². The fourth-order valence-electron chi connectivity index (χ4n) is 2.14. The van der Waals surface area contributed by atoms with E-state index in [2.05, 4.69) is 6.07 Å². The van der Waals surface area contributed by atoms with Gasteiger partial charge in [-0.2, -0.15) is 0 Å². The van der Waals surface area contributed by atoms with Crippen molar-refractivity contribution in [3.05, 3.63) is 42.5 Å². The van der Waals surface area contributed by atoms with Crippen LogP contribution in [0.4, 0.5) is 0 Å². The molecule has 2 aromatic carbocycles. The van der Waals surface area contributed by atoms with Crippen LogP contribution in [-0.4, -0.2) is 14.7 Å². The average molecular weight is 229 g/mol. The molecule has 0 saturated heterocycles. The molecular formula is C13H9O2S. The number of fused-ring (bicyclic) bond motifs is 4. The first kappa shape index (κ1) is 9.60. The fourth-order valence-corrected chi connectivity index (χ4v) is 3.01. The number of hydrogen-bond donors (Lipinski definition) is 0. The summed E-state index contributed by atoms with van der Waals surface area (Å²) in [7, 11) is -3.20. The van der Waals surface area contributed by atoms with Crippen LogP contribution in [-0.2, 0) is 9.84 Å². The lowest BCUT2D eigenvalue weighted by molar-refractivity contribution is 0.602. The second-order valence-electron chi connectivity index (χ2n) is 3.91. The van der Waals surface area contributed by atoms with E-state index in [-0.39, 0.29) is 0 Å². The highest BCUT2D eigenvalue weighted by Crippen LogP contribution is 2.49. The van der Waals surface area contributed by atoms with Gasteiger partial charge in [-0.05, 0) is 16.7 Å². The molecule has 0 bridgehead atoms. The van der Waals surface area contributed by atoms with E-state index in [1.54, 1.807) is 6.07 Å². The predicted molar refractivity (Wildman–Crippen MR) is 62.8 cm³/mol. The molecule has 0 amide bonds. The van der Waals surface area contributed by atoms with Crippen LogP contribution in [0.5, 0.6) is 0 Å². The molecule has 0 N–H and O–H groups in total. The van der Waals surface area contributed by atoms with Crippen LogP contribution in [0.25, 0.3) is 22.3 Å². The molecule has 1 radical (unpaired) electrons. The third-order valence-corrected chi connectivity index (χ3v) is 3.88. The molecule has 0 atom stereocenters. The topological polar surface area (TPSA) is 34.1 Å². The number of sulfone groups is 1. The maximum Gasteiger partial charge on any atom is 0.176 e. The summed E-state index contributed by atoms with van der Waals surface area (Å²) in [5.41, 5.74) is 3.96. The Hall–Kier alpha value is -1.61. The molecule has 1 aliphatic carbocycles. The van der Waals surface area contributed by atoms with Crippen LogP contribution < -0.4 is 0 Å². The van der Waals surface area contributed by atoms with Gasteiger partial charge >= 0.3 is 0 Å². The van der Waals surface area contributed by atoms with Crippen molar-refractivity contribution in [1.82, 2.24) is 0 Å². The van der Waals surface area contributed by atoms with Crippen LogP contribution in [0.3, 0.4) is 0 Å². The molecule has 79 valence electrons. The lowest BCUT2D eigenvalue weighted by Crippen LogP contribution is -2.07. The number of hydrogen-bond acceptors (Lipinski definition) is 2. The van der Waals surface area contributed by atoms with E-state index in [4.69, 9.17) is 0 Å². The zero-order chi connectivity index (χ0) is 11.3. The van der Waals surface area contributed by atoms with Crippen LogP contribution in [0.1, 0.15) is 0 Å². The Morgan fingerprint density at radius 3 is 2.38 bits per heavy atom. The second-order valence-corrected chi connectivity index (χ2v) is 5.87. The monoisotopic (exact) mass is 229 g/mol. The summed E-state index contributed by atoms with van der Waals surface area (Å²) >= 11 is 0. The Morgan fingerprint density at radius 1 is 1.00 bits per heavy atom. The van der Waals surface area contributed by atoms with Crippen LogP contribution in [0.15, 0.2) is 41.3 Å². The van der Waals surface area contributed by atoms with E-state index in [1.807, 2.05) is 30.3 Å². The summed E-state index contributed by atoms with van der Waals surface area (Å²) in [5.74, 6) is 0. The molecule has 16 heavy (non-hydrogen) atoms. The van der Waals surface area contributed by atoms with E-state index in [0.29, 0.717) is 4.90 Å². The lowest BCUT2D eigenvalue weighted by Gasteiger charge is -2.25. The molecule has 3 heteroatoms. The second kappa shape index (κ2) is 2.95. The summed E-state index contributed by atoms with van der Waals surface area (Å²) < 4.78 is 23.2. The van der Waals surface area contributed by atoms with Gasteiger partial charge in [0.15, 0.2) is 9.84 Å². The third-order valence-electron chi connectivity index (χ3n) is 2.82. The minimum absolute atomic E-state index is 0.309. The predicted octanol–water partition coefficient (Wildman–Crippen LogP) is 2.54. The Kier molecular flexibility index (Phi) is 1.77. The average Bonchev–Trinajstić information content (AvgIpc) is 2.23. The van der Waals surface area contributed by atoms with Crippen molar-refractivity contribution in [3.8, 4) is 22.3 Å². The fraction of sp³-hybridized carbons (Fsp3) is 0.0769. The van der Waals surface area contributed by atoms with Crippen LogP contribution in [0.2, 0.25) is 0 Å². The van der Waals surface area contributed by atoms with Gasteiger partial charge in [0.25, 0.3) is 0 Å². The molecule has 0 aromatic heterocycles. The number of benzene rings is 2. The lowest BCUT2D eigenvalue weighted by atomic mass is 9.81. The summed E-state index contributed by atoms with van der Waals surface area (Å²) in [5, 5.41) is 0. The smallest absolute Gasteiger partial charge is 0.176 e. The molecule has 3 rings (SSSR count). The van der Waals surface area contributed by atoms with Gasteiger partial charge in [0.2, 0.25) is 0 Å². The first-order valence-electron chi connectivity index (χ1n) is 4.93. The van der Waals surface area contributed by atoms with Crippen LogP contribution in [0, 0.1) is 6.07 Å². The summed E-state index contributed by atoms with van der Waals surface area (Å²) in [6, 6.07) is 14.2. The molecule has 0 unspecified atom stereocenters. The van der Waals surface area contributed by atoms with Gasteiger partial charge in [0.1, 0.15) is 0 Å². The number of rotatable bonds is 1. The van der Waals surface area contributed by atoms with Gasteiger partial charge in [-0.15, -0.1) is 0 Å². The standard InChI is InChI=1S/C13H9O2S/c1-16(14,15)12-8-4-7-11-9-5-2-3-6-10(9)13(11)12/h2-7H,1H3. The van der Waals surface area contributed by atoms with Crippen molar-refractivity contribution in [2.75, 3.05) is 6.26 Å². The first-order chi connectivity index (χ1) is 7.59. The highest BCUT2D eigenvalue weighted by molar-refractivity contribution is 7.90. The highest BCUT2D eigenvalue weighted by atomic mass is 32.2. The van der Waals surface area contributed by atoms with E-state index in [1.165, 1.54) is 6.26 Å². The van der Waals surface area contributed by atoms with Crippen molar-refractivity contribution in [2.24, 2.45) is 0 Å². The SMILES string of the molecule is CS(=O)(=O)c1[c]ccc2c1-c1ccccc1-2. The van der Waals surface area contributed by atoms with Gasteiger partial charge in [-0.3, -0.25) is 0 Å². The molecule has 0 fully saturated rings. The maximum absolute atomic E-state index is 11.6. The van der Waals surface area contributed by atoms with Gasteiger partial charge in [-0.25, -0.2) is 8.42 Å². The van der Waals surface area contributed by atoms with E-state index in [9.17, 15) is 8.42 Å². The van der Waals surface area contributed by atoms with Crippen molar-refractivity contribution >= 4 is 9.84 Å². The van der Waals surface area contributed by atoms with Crippen molar-refractivity contribution < 1.29 is 8.42 Å². The normalized spacial score (nSPS) is 12.6. The van der Waals surface area contributed by atoms with Crippen molar-refractivity contribution in [1.29, 1.82) is 0 Å². The molecular weight excluding hydrogens is 220 g/mol. The Morgan fingerprint density at radius 2 is 1.69 bits per heavy atom. The third kappa shape index (κ3) is 1.15. The van der Waals surface area contributed by atoms with Gasteiger partial charge in [0, 0.05) is 17.9 Å². The molecule has 0 aliphatic heterocycles. The Balaban J connectivity index is 2.35. The van der Waals surface area contributed by atoms with E-state index >= 15 is 0 Å². The van der Waals surface area contributed by atoms with E-state index in [0.717, 1.165) is 22.3 Å². The largest absolute Gasteiger partial charge is 0.224 e. The first-order valence-corrected chi connectivity index (χ1v) is 6.83. The zero-order valence-corrected chi connectivity index (χ0v) is 9.51. The van der Waals surface area contributed by atoms with E-state index < -0.39 is 9.84 Å². The zero-order valence-electron chi connectivity index (χ0n) is 8.69. The van der Waals surface area contributed by atoms with Gasteiger partial charge < -0.3 is 0 Å². The van der Waals surface area contributed by atoms with Crippen molar-refractivity contribution in [2.45, 2.75) is 4.90 Å². The minimum atomic E-state index is -3.20. The molecule has 2 aromatic rings. The molecule has 0 saturated carbocycles. The van der Waals surface area contributed by atoms with Gasteiger partial charge in [0.05, 0.1) is 4.90 Å².